The average molecular weight is 379 g/mol. The molecule has 1 aromatic heterocycles. The van der Waals surface area contributed by atoms with Crippen LogP contribution in [0, 0.1) is 0 Å². The molecule has 0 N–H and O–H groups in total. The fraction of sp³-hybridized carbons (Fsp3) is 0.500. The van der Waals surface area contributed by atoms with Crippen molar-refractivity contribution in [1.82, 2.24) is 9.97 Å². The van der Waals surface area contributed by atoms with E-state index in [2.05, 4.69) is 21.3 Å². The lowest BCUT2D eigenvalue weighted by atomic mass is 10.2. The Morgan fingerprint density at radius 3 is 1.89 bits per heavy atom. The number of carbonyl (C=O) groups is 3. The number of nitrogens with zero attached hydrogens (tertiary/aromatic N) is 3. The lowest BCUT2D eigenvalue weighted by molar-refractivity contribution is 0.0428. The fourth-order valence-corrected chi connectivity index (χ4v) is 1.75. The topological polar surface area (TPSA) is 108 Å². The maximum absolute atomic E-state index is 12.7. The van der Waals surface area contributed by atoms with E-state index in [-0.39, 0.29) is 17.2 Å². The van der Waals surface area contributed by atoms with Crippen LogP contribution >= 0.6 is 0 Å². The van der Waals surface area contributed by atoms with Crippen LogP contribution in [-0.4, -0.2) is 46.4 Å². The van der Waals surface area contributed by atoms with Crippen molar-refractivity contribution >= 4 is 30.0 Å². The van der Waals surface area contributed by atoms with Crippen LogP contribution in [0.25, 0.3) is 6.08 Å². The minimum Gasteiger partial charge on any atom is -0.464 e. The standard InChI is InChI=1S/C18H25N3O6/c1-9-11-10-19-12(14(22)25-8)13(20-11)21(15(23)26-17(2,3)4)16(24)27-18(5,6)7/h9-10H,1H2,2-8H3. The predicted octanol–water partition coefficient (Wildman–Crippen LogP) is 3.58. The van der Waals surface area contributed by atoms with Gasteiger partial charge in [-0.1, -0.05) is 6.58 Å². The van der Waals surface area contributed by atoms with Crippen molar-refractivity contribution in [3.05, 3.63) is 24.2 Å². The molecule has 0 aliphatic heterocycles. The molecule has 27 heavy (non-hydrogen) atoms. The number of carbonyl (C=O) groups excluding carboxylic acids is 3. The summed E-state index contributed by atoms with van der Waals surface area (Å²) < 4.78 is 15.2. The molecule has 0 unspecified atom stereocenters. The highest BCUT2D eigenvalue weighted by Gasteiger charge is 2.37. The Labute approximate surface area is 158 Å². The molecule has 0 aromatic carbocycles. The molecule has 9 heteroatoms. The second-order valence-electron chi connectivity index (χ2n) is 7.46. The monoisotopic (exact) mass is 379 g/mol. The van der Waals surface area contributed by atoms with Gasteiger partial charge in [-0.2, -0.15) is 4.90 Å². The molecular weight excluding hydrogens is 354 g/mol. The summed E-state index contributed by atoms with van der Waals surface area (Å²) in [6, 6.07) is 0. The van der Waals surface area contributed by atoms with Gasteiger partial charge in [0.2, 0.25) is 0 Å². The third kappa shape index (κ3) is 6.36. The smallest absolute Gasteiger partial charge is 0.425 e. The number of hydrogen-bond acceptors (Lipinski definition) is 8. The number of amides is 2. The Kier molecular flexibility index (Phi) is 6.66. The number of esters is 1. The van der Waals surface area contributed by atoms with Gasteiger partial charge in [0, 0.05) is 0 Å². The van der Waals surface area contributed by atoms with Gasteiger partial charge in [-0.25, -0.2) is 24.4 Å². The molecule has 0 saturated carbocycles. The van der Waals surface area contributed by atoms with Gasteiger partial charge in [0.1, 0.15) is 11.2 Å². The quantitative estimate of drug-likeness (QED) is 0.579. The normalized spacial score (nSPS) is 11.4. The van der Waals surface area contributed by atoms with E-state index < -0.39 is 29.4 Å². The summed E-state index contributed by atoms with van der Waals surface area (Å²) in [5.41, 5.74) is -1.94. The maximum Gasteiger partial charge on any atom is 0.425 e. The lowest BCUT2D eigenvalue weighted by Gasteiger charge is -2.28. The molecule has 2 amide bonds. The van der Waals surface area contributed by atoms with Gasteiger partial charge in [-0.05, 0) is 47.6 Å². The average Bonchev–Trinajstić information content (AvgIpc) is 2.50. The number of methoxy groups -OCH3 is 1. The van der Waals surface area contributed by atoms with Crippen LogP contribution in [0.3, 0.4) is 0 Å². The number of ether oxygens (including phenoxy) is 3. The van der Waals surface area contributed by atoms with E-state index in [1.165, 1.54) is 12.3 Å². The molecule has 9 nitrogen and oxygen atoms in total. The Hall–Kier alpha value is -2.97. The van der Waals surface area contributed by atoms with Gasteiger partial charge >= 0.3 is 18.2 Å². The van der Waals surface area contributed by atoms with Crippen molar-refractivity contribution in [2.75, 3.05) is 12.0 Å². The zero-order valence-electron chi connectivity index (χ0n) is 16.7. The largest absolute Gasteiger partial charge is 0.464 e. The molecule has 1 heterocycles. The predicted molar refractivity (Wildman–Crippen MR) is 98.4 cm³/mol. The number of rotatable bonds is 3. The summed E-state index contributed by atoms with van der Waals surface area (Å²) in [4.78, 5) is 46.0. The zero-order chi connectivity index (χ0) is 21.0. The van der Waals surface area contributed by atoms with Crippen molar-refractivity contribution < 1.29 is 28.6 Å². The van der Waals surface area contributed by atoms with E-state index in [4.69, 9.17) is 9.47 Å². The van der Waals surface area contributed by atoms with Crippen LogP contribution in [0.1, 0.15) is 57.7 Å². The molecule has 0 radical (unpaired) electrons. The van der Waals surface area contributed by atoms with Gasteiger partial charge in [0.05, 0.1) is 19.0 Å². The second kappa shape index (κ2) is 8.15. The van der Waals surface area contributed by atoms with E-state index in [1.54, 1.807) is 41.5 Å². The molecule has 0 atom stereocenters. The van der Waals surface area contributed by atoms with E-state index in [9.17, 15) is 14.4 Å². The van der Waals surface area contributed by atoms with Gasteiger partial charge in [-0.15, -0.1) is 0 Å². The highest BCUT2D eigenvalue weighted by Crippen LogP contribution is 2.23. The van der Waals surface area contributed by atoms with Crippen LogP contribution in [0.5, 0.6) is 0 Å². The maximum atomic E-state index is 12.7. The van der Waals surface area contributed by atoms with Crippen molar-refractivity contribution in [2.45, 2.75) is 52.7 Å². The summed E-state index contributed by atoms with van der Waals surface area (Å²) >= 11 is 0. The van der Waals surface area contributed by atoms with Crippen LogP contribution < -0.4 is 4.90 Å². The van der Waals surface area contributed by atoms with Crippen LogP contribution in [0.2, 0.25) is 0 Å². The molecule has 148 valence electrons. The van der Waals surface area contributed by atoms with Gasteiger partial charge in [-0.3, -0.25) is 0 Å². The lowest BCUT2D eigenvalue weighted by Crippen LogP contribution is -2.45. The molecule has 1 rings (SSSR count). The van der Waals surface area contributed by atoms with E-state index in [1.807, 2.05) is 0 Å². The van der Waals surface area contributed by atoms with Crippen LogP contribution in [-0.2, 0) is 14.2 Å². The zero-order valence-corrected chi connectivity index (χ0v) is 16.7. The molecule has 0 aliphatic carbocycles. The highest BCUT2D eigenvalue weighted by atomic mass is 16.6. The Balaban J connectivity index is 3.58. The van der Waals surface area contributed by atoms with Crippen molar-refractivity contribution in [1.29, 1.82) is 0 Å². The van der Waals surface area contributed by atoms with Gasteiger partial charge < -0.3 is 14.2 Å². The second-order valence-corrected chi connectivity index (χ2v) is 7.46. The minimum atomic E-state index is -1.07. The Bertz CT molecular complexity index is 718. The summed E-state index contributed by atoms with van der Waals surface area (Å²) in [5, 5.41) is 0. The first-order chi connectivity index (χ1) is 12.3. The molecule has 1 aromatic rings. The summed E-state index contributed by atoms with van der Waals surface area (Å²) in [6.07, 6.45) is 0.459. The first kappa shape index (κ1) is 22.1. The molecule has 0 aliphatic rings. The number of anilines is 1. The molecule has 0 fully saturated rings. The number of aromatic nitrogens is 2. The third-order valence-electron chi connectivity index (χ3n) is 2.72. The first-order valence-corrected chi connectivity index (χ1v) is 8.13. The summed E-state index contributed by atoms with van der Waals surface area (Å²) in [5.74, 6) is -1.26. The van der Waals surface area contributed by atoms with Gasteiger partial charge in [0.15, 0.2) is 11.5 Å². The molecule has 0 bridgehead atoms. The van der Waals surface area contributed by atoms with Crippen molar-refractivity contribution in [2.24, 2.45) is 0 Å². The SMILES string of the molecule is C=Cc1cnc(C(=O)OC)c(N(C(=O)OC(C)(C)C)C(=O)OC(C)(C)C)n1. The van der Waals surface area contributed by atoms with E-state index in [0.717, 1.165) is 7.11 Å². The molecular formula is C18H25N3O6. The molecule has 0 saturated heterocycles. The van der Waals surface area contributed by atoms with Crippen molar-refractivity contribution in [3.63, 3.8) is 0 Å². The summed E-state index contributed by atoms with van der Waals surface area (Å²) in [6.45, 7) is 13.3. The first-order valence-electron chi connectivity index (χ1n) is 8.13. The Morgan fingerprint density at radius 2 is 1.52 bits per heavy atom. The molecule has 0 spiro atoms. The van der Waals surface area contributed by atoms with Crippen LogP contribution in [0.15, 0.2) is 12.8 Å². The van der Waals surface area contributed by atoms with Crippen molar-refractivity contribution in [3.8, 4) is 0 Å². The fourth-order valence-electron chi connectivity index (χ4n) is 1.75. The Morgan fingerprint density at radius 1 is 1.04 bits per heavy atom. The number of imide groups is 1. The number of hydrogen-bond donors (Lipinski definition) is 0. The third-order valence-corrected chi connectivity index (χ3v) is 2.72. The minimum absolute atomic E-state index is 0.231. The van der Waals surface area contributed by atoms with Gasteiger partial charge in [0.25, 0.3) is 0 Å². The summed E-state index contributed by atoms with van der Waals surface area (Å²) in [7, 11) is 1.14. The van der Waals surface area contributed by atoms with E-state index >= 15 is 0 Å². The van der Waals surface area contributed by atoms with Crippen LogP contribution in [0.4, 0.5) is 15.4 Å². The highest BCUT2D eigenvalue weighted by molar-refractivity contribution is 6.12. The van der Waals surface area contributed by atoms with E-state index in [0.29, 0.717) is 4.90 Å².